The summed E-state index contributed by atoms with van der Waals surface area (Å²) >= 11 is 0. The van der Waals surface area contributed by atoms with Gasteiger partial charge < -0.3 is 5.73 Å². The summed E-state index contributed by atoms with van der Waals surface area (Å²) in [7, 11) is 0. The molecule has 14 heavy (non-hydrogen) atoms. The summed E-state index contributed by atoms with van der Waals surface area (Å²) in [6.45, 7) is 8.86. The molecule has 1 saturated carbocycles. The molecule has 2 heteroatoms. The van der Waals surface area contributed by atoms with Gasteiger partial charge in [0.2, 0.25) is 0 Å². The van der Waals surface area contributed by atoms with Gasteiger partial charge >= 0.3 is 0 Å². The van der Waals surface area contributed by atoms with Gasteiger partial charge in [0.15, 0.2) is 0 Å². The summed E-state index contributed by atoms with van der Waals surface area (Å²) in [6, 6.07) is 0.338. The molecule has 0 aromatic heterocycles. The standard InChI is InChI=1S/C12H24N2/c1-9(2)14-11(13)10-5-7-12(3,4)8-6-10/h9-10H,5-8H2,1-4H3,(H2,13,14). The largest absolute Gasteiger partial charge is 0.387 e. The van der Waals surface area contributed by atoms with Crippen LogP contribution in [0.15, 0.2) is 4.99 Å². The van der Waals surface area contributed by atoms with Crippen molar-refractivity contribution in [1.29, 1.82) is 0 Å². The lowest BCUT2D eigenvalue weighted by Crippen LogP contribution is -2.31. The molecule has 0 bridgehead atoms. The summed E-state index contributed by atoms with van der Waals surface area (Å²) < 4.78 is 0. The molecule has 0 radical (unpaired) electrons. The maximum Gasteiger partial charge on any atom is 0.0971 e. The Morgan fingerprint density at radius 1 is 1.29 bits per heavy atom. The number of nitrogens with two attached hydrogens (primary N) is 1. The van der Waals surface area contributed by atoms with Crippen LogP contribution in [0.4, 0.5) is 0 Å². The van der Waals surface area contributed by atoms with Gasteiger partial charge in [0, 0.05) is 12.0 Å². The van der Waals surface area contributed by atoms with Crippen molar-refractivity contribution in [2.45, 2.75) is 59.4 Å². The zero-order valence-corrected chi connectivity index (χ0v) is 10.0. The minimum atomic E-state index is 0.338. The molecule has 0 aromatic rings. The second-order valence-corrected chi connectivity index (χ2v) is 5.59. The van der Waals surface area contributed by atoms with Crippen molar-refractivity contribution in [3.8, 4) is 0 Å². The van der Waals surface area contributed by atoms with Crippen LogP contribution in [0.5, 0.6) is 0 Å². The fourth-order valence-corrected chi connectivity index (χ4v) is 2.10. The molecule has 2 nitrogen and oxygen atoms in total. The van der Waals surface area contributed by atoms with Crippen LogP contribution in [-0.4, -0.2) is 11.9 Å². The van der Waals surface area contributed by atoms with Gasteiger partial charge in [-0.3, -0.25) is 4.99 Å². The lowest BCUT2D eigenvalue weighted by Gasteiger charge is -2.34. The van der Waals surface area contributed by atoms with Crippen molar-refractivity contribution in [1.82, 2.24) is 0 Å². The Bertz CT molecular complexity index is 206. The molecular formula is C12H24N2. The molecule has 2 N–H and O–H groups in total. The molecule has 0 amide bonds. The average Bonchev–Trinajstić information content (AvgIpc) is 2.02. The van der Waals surface area contributed by atoms with Crippen LogP contribution in [0, 0.1) is 11.3 Å². The maximum atomic E-state index is 5.99. The molecule has 0 aromatic carbocycles. The SMILES string of the molecule is CC(C)N=C(N)C1CCC(C)(C)CC1. The molecule has 0 unspecified atom stereocenters. The molecular weight excluding hydrogens is 172 g/mol. The van der Waals surface area contributed by atoms with Gasteiger partial charge in [-0.15, -0.1) is 0 Å². The van der Waals surface area contributed by atoms with Crippen molar-refractivity contribution >= 4 is 5.84 Å². The third-order valence-electron chi connectivity index (χ3n) is 3.16. The number of amidine groups is 1. The van der Waals surface area contributed by atoms with Crippen LogP contribution in [-0.2, 0) is 0 Å². The van der Waals surface area contributed by atoms with E-state index in [1.165, 1.54) is 25.7 Å². The first-order valence-corrected chi connectivity index (χ1v) is 5.74. The first-order chi connectivity index (χ1) is 6.41. The minimum absolute atomic E-state index is 0.338. The van der Waals surface area contributed by atoms with Gasteiger partial charge in [0.25, 0.3) is 0 Å². The fraction of sp³-hybridized carbons (Fsp3) is 0.917. The molecule has 82 valence electrons. The highest BCUT2D eigenvalue weighted by molar-refractivity contribution is 5.83. The highest BCUT2D eigenvalue weighted by Crippen LogP contribution is 2.37. The second-order valence-electron chi connectivity index (χ2n) is 5.59. The van der Waals surface area contributed by atoms with E-state index in [4.69, 9.17) is 5.73 Å². The number of hydrogen-bond donors (Lipinski definition) is 1. The van der Waals surface area contributed by atoms with Crippen LogP contribution in [0.1, 0.15) is 53.4 Å². The molecule has 0 saturated heterocycles. The zero-order valence-electron chi connectivity index (χ0n) is 10.0. The zero-order chi connectivity index (χ0) is 10.8. The normalized spacial score (nSPS) is 24.2. The van der Waals surface area contributed by atoms with Crippen LogP contribution in [0.2, 0.25) is 0 Å². The lowest BCUT2D eigenvalue weighted by molar-refractivity contribution is 0.220. The van der Waals surface area contributed by atoms with Crippen molar-refractivity contribution in [2.24, 2.45) is 22.1 Å². The predicted molar refractivity (Wildman–Crippen MR) is 62.5 cm³/mol. The Morgan fingerprint density at radius 3 is 2.21 bits per heavy atom. The van der Waals surface area contributed by atoms with E-state index in [2.05, 4.69) is 32.7 Å². The smallest absolute Gasteiger partial charge is 0.0971 e. The van der Waals surface area contributed by atoms with Crippen LogP contribution < -0.4 is 5.73 Å². The Morgan fingerprint density at radius 2 is 1.79 bits per heavy atom. The van der Waals surface area contributed by atoms with Crippen molar-refractivity contribution in [3.63, 3.8) is 0 Å². The van der Waals surface area contributed by atoms with Gasteiger partial charge in [-0.1, -0.05) is 13.8 Å². The van der Waals surface area contributed by atoms with Gasteiger partial charge in [-0.2, -0.15) is 0 Å². The molecule has 0 aliphatic heterocycles. The maximum absolute atomic E-state index is 5.99. The molecule has 0 heterocycles. The summed E-state index contributed by atoms with van der Waals surface area (Å²) in [5, 5.41) is 0. The first kappa shape index (κ1) is 11.5. The Kier molecular flexibility index (Phi) is 3.57. The number of hydrogen-bond acceptors (Lipinski definition) is 1. The summed E-state index contributed by atoms with van der Waals surface area (Å²) in [4.78, 5) is 4.44. The molecule has 1 fully saturated rings. The van der Waals surface area contributed by atoms with E-state index < -0.39 is 0 Å². The quantitative estimate of drug-likeness (QED) is 0.535. The van der Waals surface area contributed by atoms with E-state index in [1.807, 2.05) is 0 Å². The molecule has 0 atom stereocenters. The summed E-state index contributed by atoms with van der Waals surface area (Å²) in [6.07, 6.45) is 5.00. The van der Waals surface area contributed by atoms with E-state index in [-0.39, 0.29) is 0 Å². The second kappa shape index (κ2) is 4.33. The average molecular weight is 196 g/mol. The summed E-state index contributed by atoms with van der Waals surface area (Å²) in [5.41, 5.74) is 6.51. The van der Waals surface area contributed by atoms with Crippen LogP contribution >= 0.6 is 0 Å². The van der Waals surface area contributed by atoms with E-state index in [1.54, 1.807) is 0 Å². The molecule has 1 aliphatic carbocycles. The number of rotatable bonds is 2. The van der Waals surface area contributed by atoms with Crippen molar-refractivity contribution in [3.05, 3.63) is 0 Å². The van der Waals surface area contributed by atoms with Gasteiger partial charge in [0.05, 0.1) is 5.84 Å². The van der Waals surface area contributed by atoms with E-state index >= 15 is 0 Å². The Labute approximate surface area is 88.0 Å². The van der Waals surface area contributed by atoms with Gasteiger partial charge in [-0.05, 0) is 44.9 Å². The van der Waals surface area contributed by atoms with E-state index in [9.17, 15) is 0 Å². The first-order valence-electron chi connectivity index (χ1n) is 5.74. The van der Waals surface area contributed by atoms with E-state index in [0.717, 1.165) is 5.84 Å². The minimum Gasteiger partial charge on any atom is -0.387 e. The van der Waals surface area contributed by atoms with Crippen molar-refractivity contribution in [2.75, 3.05) is 0 Å². The number of nitrogens with zero attached hydrogens (tertiary/aromatic N) is 1. The van der Waals surface area contributed by atoms with Crippen molar-refractivity contribution < 1.29 is 0 Å². The number of aliphatic imine (C=N–C) groups is 1. The molecule has 0 spiro atoms. The fourth-order valence-electron chi connectivity index (χ4n) is 2.10. The van der Waals surface area contributed by atoms with E-state index in [0.29, 0.717) is 17.4 Å². The molecule has 1 aliphatic rings. The molecule has 1 rings (SSSR count). The lowest BCUT2D eigenvalue weighted by atomic mass is 9.73. The van der Waals surface area contributed by atoms with Gasteiger partial charge in [0.1, 0.15) is 0 Å². The predicted octanol–water partition coefficient (Wildman–Crippen LogP) is 2.97. The topological polar surface area (TPSA) is 38.4 Å². The summed E-state index contributed by atoms with van der Waals surface area (Å²) in [5.74, 6) is 1.43. The van der Waals surface area contributed by atoms with Crippen LogP contribution in [0.3, 0.4) is 0 Å². The third kappa shape index (κ3) is 3.32. The van der Waals surface area contributed by atoms with Crippen LogP contribution in [0.25, 0.3) is 0 Å². The Hall–Kier alpha value is -0.530. The monoisotopic (exact) mass is 196 g/mol. The highest BCUT2D eigenvalue weighted by atomic mass is 14.9. The van der Waals surface area contributed by atoms with Gasteiger partial charge in [-0.25, -0.2) is 0 Å². The third-order valence-corrected chi connectivity index (χ3v) is 3.16. The highest BCUT2D eigenvalue weighted by Gasteiger charge is 2.28. The Balaban J connectivity index is 2.50.